The molecule has 1 unspecified atom stereocenters. The molecule has 6 heteroatoms. The second kappa shape index (κ2) is 6.61. The summed E-state index contributed by atoms with van der Waals surface area (Å²) in [5.74, 6) is 0.909. The number of nitrogens with one attached hydrogen (secondary N) is 1. The van der Waals surface area contributed by atoms with Gasteiger partial charge in [-0.15, -0.1) is 0 Å². The lowest BCUT2D eigenvalue weighted by atomic mass is 10.2. The second-order valence-corrected chi connectivity index (χ2v) is 4.66. The normalized spacial score (nSPS) is 12.0. The van der Waals surface area contributed by atoms with E-state index in [0.29, 0.717) is 18.0 Å². The maximum Gasteiger partial charge on any atom is 0.234 e. The maximum absolute atomic E-state index is 10.9. The van der Waals surface area contributed by atoms with Crippen molar-refractivity contribution in [1.82, 2.24) is 5.32 Å². The minimum Gasteiger partial charge on any atom is -0.493 e. The zero-order valence-corrected chi connectivity index (χ0v) is 12.2. The van der Waals surface area contributed by atoms with Crippen molar-refractivity contribution in [3.05, 3.63) is 22.2 Å². The molecule has 1 aromatic rings. The Balaban J connectivity index is 2.86. The highest BCUT2D eigenvalue weighted by Gasteiger charge is 2.12. The van der Waals surface area contributed by atoms with Crippen molar-refractivity contribution < 1.29 is 14.3 Å². The van der Waals surface area contributed by atoms with E-state index in [2.05, 4.69) is 21.2 Å². The van der Waals surface area contributed by atoms with Gasteiger partial charge in [-0.25, -0.2) is 0 Å². The molecule has 0 aromatic heterocycles. The number of amides is 1. The second-order valence-electron chi connectivity index (χ2n) is 3.80. The molecular formula is C12H17BrN2O3. The van der Waals surface area contributed by atoms with Crippen molar-refractivity contribution in [2.24, 2.45) is 5.73 Å². The first kappa shape index (κ1) is 14.8. The van der Waals surface area contributed by atoms with Crippen molar-refractivity contribution >= 4 is 21.8 Å². The number of primary amides is 1. The van der Waals surface area contributed by atoms with Gasteiger partial charge in [0.05, 0.1) is 20.3 Å². The molecule has 0 spiro atoms. The Kier molecular flexibility index (Phi) is 5.43. The van der Waals surface area contributed by atoms with E-state index in [4.69, 9.17) is 15.2 Å². The number of carbonyl (C=O) groups excluding carboxylic acids is 1. The number of carbonyl (C=O) groups is 1. The van der Waals surface area contributed by atoms with Gasteiger partial charge in [0.1, 0.15) is 0 Å². The van der Waals surface area contributed by atoms with Crippen LogP contribution in [0.25, 0.3) is 0 Å². The summed E-state index contributed by atoms with van der Waals surface area (Å²) in [5, 5.41) is 3.03. The number of halogens is 1. The van der Waals surface area contributed by atoms with Crippen LogP contribution in [0.2, 0.25) is 0 Å². The average molecular weight is 317 g/mol. The van der Waals surface area contributed by atoms with E-state index >= 15 is 0 Å². The van der Waals surface area contributed by atoms with Gasteiger partial charge in [0.15, 0.2) is 11.5 Å². The quantitative estimate of drug-likeness (QED) is 0.832. The van der Waals surface area contributed by atoms with Gasteiger partial charge in [0, 0.05) is 11.0 Å². The highest BCUT2D eigenvalue weighted by atomic mass is 79.9. The summed E-state index contributed by atoms with van der Waals surface area (Å²) >= 11 is 3.45. The highest BCUT2D eigenvalue weighted by molar-refractivity contribution is 9.10. The largest absolute Gasteiger partial charge is 0.493 e. The van der Waals surface area contributed by atoms with Crippen molar-refractivity contribution in [2.75, 3.05) is 14.2 Å². The Morgan fingerprint density at radius 1 is 1.39 bits per heavy atom. The lowest BCUT2D eigenvalue weighted by Crippen LogP contribution is -2.38. The smallest absolute Gasteiger partial charge is 0.234 e. The van der Waals surface area contributed by atoms with Crippen LogP contribution in [0.1, 0.15) is 12.5 Å². The SMILES string of the molecule is COc1cc(Br)c(CNC(C)C(N)=O)cc1OC. The number of hydrogen-bond acceptors (Lipinski definition) is 4. The van der Waals surface area contributed by atoms with Crippen molar-refractivity contribution in [3.63, 3.8) is 0 Å². The Labute approximate surface area is 115 Å². The van der Waals surface area contributed by atoms with Crippen molar-refractivity contribution in [2.45, 2.75) is 19.5 Å². The lowest BCUT2D eigenvalue weighted by molar-refractivity contribution is -0.119. The van der Waals surface area contributed by atoms with E-state index < -0.39 is 0 Å². The predicted octanol–water partition coefficient (Wildman–Crippen LogP) is 1.43. The zero-order valence-electron chi connectivity index (χ0n) is 10.6. The molecule has 0 radical (unpaired) electrons. The summed E-state index contributed by atoms with van der Waals surface area (Å²) in [6.07, 6.45) is 0. The fourth-order valence-electron chi connectivity index (χ4n) is 1.40. The molecule has 0 heterocycles. The molecule has 0 aliphatic heterocycles. The van der Waals surface area contributed by atoms with Gasteiger partial charge in [0.25, 0.3) is 0 Å². The van der Waals surface area contributed by atoms with E-state index in [1.807, 2.05) is 12.1 Å². The number of nitrogens with two attached hydrogens (primary N) is 1. The van der Waals surface area contributed by atoms with Gasteiger partial charge in [-0.05, 0) is 24.6 Å². The minimum absolute atomic E-state index is 0.383. The maximum atomic E-state index is 10.9. The van der Waals surface area contributed by atoms with Gasteiger partial charge in [-0.1, -0.05) is 15.9 Å². The van der Waals surface area contributed by atoms with Gasteiger partial charge in [0.2, 0.25) is 5.91 Å². The summed E-state index contributed by atoms with van der Waals surface area (Å²) < 4.78 is 11.3. The van der Waals surface area contributed by atoms with Crippen LogP contribution in [0, 0.1) is 0 Å². The van der Waals surface area contributed by atoms with Crippen LogP contribution in [-0.4, -0.2) is 26.2 Å². The van der Waals surface area contributed by atoms with Crippen LogP contribution in [0.4, 0.5) is 0 Å². The fourth-order valence-corrected chi connectivity index (χ4v) is 1.86. The van der Waals surface area contributed by atoms with Gasteiger partial charge >= 0.3 is 0 Å². The summed E-state index contributed by atoms with van der Waals surface area (Å²) in [6.45, 7) is 2.22. The van der Waals surface area contributed by atoms with Gasteiger partial charge in [-0.2, -0.15) is 0 Å². The molecule has 0 aliphatic carbocycles. The lowest BCUT2D eigenvalue weighted by Gasteiger charge is -2.14. The first-order valence-corrected chi connectivity index (χ1v) is 6.22. The third-order valence-electron chi connectivity index (χ3n) is 2.58. The van der Waals surface area contributed by atoms with E-state index in [0.717, 1.165) is 10.0 Å². The molecule has 0 aliphatic rings. The van der Waals surface area contributed by atoms with E-state index in [1.54, 1.807) is 21.1 Å². The van der Waals surface area contributed by atoms with Crippen LogP contribution < -0.4 is 20.5 Å². The molecule has 5 nitrogen and oxygen atoms in total. The number of rotatable bonds is 6. The van der Waals surface area contributed by atoms with Crippen LogP contribution in [0.3, 0.4) is 0 Å². The summed E-state index contributed by atoms with van der Waals surface area (Å²) in [5.41, 5.74) is 6.14. The van der Waals surface area contributed by atoms with E-state index in [1.165, 1.54) is 0 Å². The molecule has 0 fully saturated rings. The molecule has 1 rings (SSSR count). The molecule has 100 valence electrons. The number of methoxy groups -OCH3 is 2. The van der Waals surface area contributed by atoms with Crippen LogP contribution in [-0.2, 0) is 11.3 Å². The fraction of sp³-hybridized carbons (Fsp3) is 0.417. The monoisotopic (exact) mass is 316 g/mol. The van der Waals surface area contributed by atoms with Crippen LogP contribution >= 0.6 is 15.9 Å². The Bertz CT molecular complexity index is 438. The molecule has 1 amide bonds. The molecule has 0 bridgehead atoms. The summed E-state index contributed by atoms with van der Waals surface area (Å²) in [7, 11) is 3.16. The minimum atomic E-state index is -0.384. The van der Waals surface area contributed by atoms with E-state index in [9.17, 15) is 4.79 Å². The average Bonchev–Trinajstić information content (AvgIpc) is 2.36. The molecule has 1 aromatic carbocycles. The molecule has 3 N–H and O–H groups in total. The van der Waals surface area contributed by atoms with E-state index in [-0.39, 0.29) is 11.9 Å². The number of benzene rings is 1. The zero-order chi connectivity index (χ0) is 13.7. The topological polar surface area (TPSA) is 73.6 Å². The molecular weight excluding hydrogens is 300 g/mol. The first-order chi connectivity index (χ1) is 8.49. The van der Waals surface area contributed by atoms with Crippen LogP contribution in [0.15, 0.2) is 16.6 Å². The van der Waals surface area contributed by atoms with Crippen LogP contribution in [0.5, 0.6) is 11.5 Å². The molecule has 18 heavy (non-hydrogen) atoms. The van der Waals surface area contributed by atoms with Crippen molar-refractivity contribution in [3.8, 4) is 11.5 Å². The molecule has 1 atom stereocenters. The van der Waals surface area contributed by atoms with Gasteiger partial charge in [-0.3, -0.25) is 4.79 Å². The highest BCUT2D eigenvalue weighted by Crippen LogP contribution is 2.33. The molecule has 0 saturated carbocycles. The Morgan fingerprint density at radius 2 is 1.94 bits per heavy atom. The summed E-state index contributed by atoms with van der Waals surface area (Å²) in [4.78, 5) is 10.9. The van der Waals surface area contributed by atoms with Crippen molar-refractivity contribution in [1.29, 1.82) is 0 Å². The number of ether oxygens (including phenoxy) is 2. The summed E-state index contributed by atoms with van der Waals surface area (Å²) in [6, 6.07) is 3.29. The number of hydrogen-bond donors (Lipinski definition) is 2. The third kappa shape index (κ3) is 3.61. The third-order valence-corrected chi connectivity index (χ3v) is 3.32. The Hall–Kier alpha value is -1.27. The predicted molar refractivity (Wildman–Crippen MR) is 72.7 cm³/mol. The standard InChI is InChI=1S/C12H17BrN2O3/c1-7(12(14)16)15-6-8-4-10(17-2)11(18-3)5-9(8)13/h4-5,7,15H,6H2,1-3H3,(H2,14,16). The Morgan fingerprint density at radius 3 is 2.44 bits per heavy atom. The van der Waals surface area contributed by atoms with Gasteiger partial charge < -0.3 is 20.5 Å². The molecule has 0 saturated heterocycles. The first-order valence-electron chi connectivity index (χ1n) is 5.42.